The Morgan fingerprint density at radius 1 is 1.14 bits per heavy atom. The van der Waals surface area contributed by atoms with Crippen molar-refractivity contribution in [1.82, 2.24) is 0 Å². The lowest BCUT2D eigenvalue weighted by Crippen LogP contribution is -2.04. The monoisotopic (exact) mass is 196 g/mol. The lowest BCUT2D eigenvalue weighted by molar-refractivity contribution is -0.136. The molecule has 0 aliphatic heterocycles. The van der Waals surface area contributed by atoms with Gasteiger partial charge in [0, 0.05) is 6.08 Å². The molecule has 0 fully saturated rings. The van der Waals surface area contributed by atoms with Crippen LogP contribution >= 0.6 is 0 Å². The highest BCUT2D eigenvalue weighted by Gasteiger charge is 2.01. The van der Waals surface area contributed by atoms with Gasteiger partial charge in [-0.05, 0) is 39.3 Å². The van der Waals surface area contributed by atoms with Crippen LogP contribution in [0.4, 0.5) is 0 Å². The third-order valence-electron chi connectivity index (χ3n) is 1.61. The molecule has 0 aliphatic rings. The molecule has 0 radical (unpaired) electrons. The molecule has 0 bridgehead atoms. The van der Waals surface area contributed by atoms with Gasteiger partial charge in [0.15, 0.2) is 5.78 Å². The van der Waals surface area contributed by atoms with E-state index in [0.29, 0.717) is 5.57 Å². The molecule has 14 heavy (non-hydrogen) atoms. The number of ketones is 1. The van der Waals surface area contributed by atoms with E-state index in [4.69, 9.17) is 4.74 Å². The van der Waals surface area contributed by atoms with Gasteiger partial charge >= 0.3 is 5.97 Å². The van der Waals surface area contributed by atoms with E-state index < -0.39 is 5.97 Å². The maximum Gasteiger partial charge on any atom is 0.331 e. The molecule has 0 aromatic heterocycles. The van der Waals surface area contributed by atoms with Crippen molar-refractivity contribution in [2.75, 3.05) is 6.61 Å². The first-order valence-electron chi connectivity index (χ1n) is 4.43. The zero-order chi connectivity index (χ0) is 11.1. The van der Waals surface area contributed by atoms with Crippen LogP contribution in [0.2, 0.25) is 0 Å². The topological polar surface area (TPSA) is 43.4 Å². The summed E-state index contributed by atoms with van der Waals surface area (Å²) in [6, 6.07) is 0. The van der Waals surface area contributed by atoms with Gasteiger partial charge in [-0.3, -0.25) is 4.79 Å². The number of rotatable bonds is 4. The summed E-state index contributed by atoms with van der Waals surface area (Å²) in [4.78, 5) is 21.8. The van der Waals surface area contributed by atoms with Gasteiger partial charge in [0.25, 0.3) is 0 Å². The third kappa shape index (κ3) is 6.17. The number of ether oxygens (including phenoxy) is 1. The number of hydrogen-bond acceptors (Lipinski definition) is 3. The molecule has 0 unspecified atom stereocenters. The first kappa shape index (κ1) is 12.6. The van der Waals surface area contributed by atoms with Crippen LogP contribution < -0.4 is 0 Å². The largest absolute Gasteiger partial charge is 0.458 e. The summed E-state index contributed by atoms with van der Waals surface area (Å²) >= 11 is 0. The third-order valence-corrected chi connectivity index (χ3v) is 1.61. The Labute approximate surface area is 84.4 Å². The van der Waals surface area contributed by atoms with Crippen molar-refractivity contribution < 1.29 is 14.3 Å². The maximum absolute atomic E-state index is 11.1. The minimum atomic E-state index is -0.477. The molecular formula is C11H16O3. The number of carbonyl (C=O) groups is 2. The molecule has 0 heterocycles. The van der Waals surface area contributed by atoms with Gasteiger partial charge in [0.2, 0.25) is 0 Å². The molecular weight excluding hydrogens is 180 g/mol. The fourth-order valence-electron chi connectivity index (χ4n) is 0.611. The Bertz CT molecular complexity index is 281. The average molecular weight is 196 g/mol. The van der Waals surface area contributed by atoms with Crippen molar-refractivity contribution in [2.24, 2.45) is 0 Å². The fourth-order valence-corrected chi connectivity index (χ4v) is 0.611. The molecule has 0 amide bonds. The van der Waals surface area contributed by atoms with Crippen molar-refractivity contribution in [3.05, 3.63) is 23.3 Å². The Morgan fingerprint density at radius 3 is 2.14 bits per heavy atom. The summed E-state index contributed by atoms with van der Waals surface area (Å²) in [6.07, 6.45) is 3.01. The number of carbonyl (C=O) groups excluding carboxylic acids is 2. The van der Waals surface area contributed by atoms with E-state index in [9.17, 15) is 9.59 Å². The highest BCUT2D eigenvalue weighted by Crippen LogP contribution is 1.96. The van der Waals surface area contributed by atoms with Gasteiger partial charge in [-0.25, -0.2) is 4.79 Å². The van der Waals surface area contributed by atoms with E-state index in [1.165, 1.54) is 13.0 Å². The molecule has 3 nitrogen and oxygen atoms in total. The predicted octanol–water partition coefficient (Wildman–Crippen LogP) is 2.03. The Morgan fingerprint density at radius 2 is 1.71 bits per heavy atom. The lowest BCUT2D eigenvalue weighted by Gasteiger charge is -1.98. The summed E-state index contributed by atoms with van der Waals surface area (Å²) in [5.41, 5.74) is 1.50. The standard InChI is InChI=1S/C11H16O3/c1-8(2)5-6-14-11(13)7-9(3)10(4)12/h5,7H,6H2,1-4H3/b9-7+. The zero-order valence-corrected chi connectivity index (χ0v) is 9.09. The van der Waals surface area contributed by atoms with Crippen LogP contribution in [-0.2, 0) is 14.3 Å². The second-order valence-corrected chi connectivity index (χ2v) is 3.30. The lowest BCUT2D eigenvalue weighted by atomic mass is 10.2. The number of allylic oxidation sites excluding steroid dienone is 2. The van der Waals surface area contributed by atoms with Crippen molar-refractivity contribution in [3.8, 4) is 0 Å². The smallest absolute Gasteiger partial charge is 0.331 e. The van der Waals surface area contributed by atoms with E-state index in [2.05, 4.69) is 0 Å². The summed E-state index contributed by atoms with van der Waals surface area (Å²) in [5.74, 6) is -0.598. The first-order valence-corrected chi connectivity index (χ1v) is 4.43. The number of Topliss-reactive ketones (excluding diaryl/α,β-unsaturated/α-hetero) is 1. The van der Waals surface area contributed by atoms with Gasteiger partial charge in [-0.2, -0.15) is 0 Å². The van der Waals surface area contributed by atoms with Gasteiger partial charge in [0.05, 0.1) is 0 Å². The van der Waals surface area contributed by atoms with Crippen LogP contribution in [0.25, 0.3) is 0 Å². The Balaban J connectivity index is 4.06. The summed E-state index contributed by atoms with van der Waals surface area (Å²) in [6.45, 7) is 7.09. The molecule has 78 valence electrons. The van der Waals surface area contributed by atoms with Gasteiger partial charge in [0.1, 0.15) is 6.61 Å². The molecule has 0 rings (SSSR count). The van der Waals surface area contributed by atoms with Crippen LogP contribution in [-0.4, -0.2) is 18.4 Å². The average Bonchev–Trinajstić information content (AvgIpc) is 2.02. The van der Waals surface area contributed by atoms with E-state index >= 15 is 0 Å². The predicted molar refractivity (Wildman–Crippen MR) is 54.8 cm³/mol. The van der Waals surface area contributed by atoms with Gasteiger partial charge in [-0.15, -0.1) is 0 Å². The van der Waals surface area contributed by atoms with Crippen LogP contribution in [0.1, 0.15) is 27.7 Å². The summed E-state index contributed by atoms with van der Waals surface area (Å²) < 4.78 is 4.83. The van der Waals surface area contributed by atoms with Crippen LogP contribution in [0.5, 0.6) is 0 Å². The van der Waals surface area contributed by atoms with Crippen LogP contribution in [0.15, 0.2) is 23.3 Å². The second-order valence-electron chi connectivity index (χ2n) is 3.30. The highest BCUT2D eigenvalue weighted by molar-refractivity contribution is 5.98. The summed E-state index contributed by atoms with van der Waals surface area (Å²) in [7, 11) is 0. The first-order chi connectivity index (χ1) is 6.43. The normalized spacial score (nSPS) is 10.7. The molecule has 0 N–H and O–H groups in total. The number of esters is 1. The molecule has 0 saturated heterocycles. The molecule has 0 aromatic carbocycles. The molecule has 0 aromatic rings. The minimum absolute atomic E-state index is 0.121. The highest BCUT2D eigenvalue weighted by atomic mass is 16.5. The Kier molecular flexibility index (Phi) is 5.53. The van der Waals surface area contributed by atoms with Crippen LogP contribution in [0, 0.1) is 0 Å². The quantitative estimate of drug-likeness (QED) is 0.392. The van der Waals surface area contributed by atoms with E-state index in [0.717, 1.165) is 5.57 Å². The van der Waals surface area contributed by atoms with Crippen molar-refractivity contribution in [3.63, 3.8) is 0 Å². The zero-order valence-electron chi connectivity index (χ0n) is 9.09. The minimum Gasteiger partial charge on any atom is -0.458 e. The molecule has 0 aliphatic carbocycles. The van der Waals surface area contributed by atoms with Gasteiger partial charge in [-0.1, -0.05) is 5.57 Å². The SMILES string of the molecule is CC(=O)/C(C)=C/C(=O)OCC=C(C)C. The summed E-state index contributed by atoms with van der Waals surface area (Å²) in [5, 5.41) is 0. The Hall–Kier alpha value is -1.38. The van der Waals surface area contributed by atoms with Crippen molar-refractivity contribution >= 4 is 11.8 Å². The molecule has 3 heteroatoms. The second kappa shape index (κ2) is 6.13. The van der Waals surface area contributed by atoms with Crippen molar-refractivity contribution in [1.29, 1.82) is 0 Å². The number of hydrogen-bond donors (Lipinski definition) is 0. The van der Waals surface area contributed by atoms with E-state index in [1.54, 1.807) is 13.0 Å². The van der Waals surface area contributed by atoms with Gasteiger partial charge < -0.3 is 4.74 Å². The van der Waals surface area contributed by atoms with Crippen LogP contribution in [0.3, 0.4) is 0 Å². The van der Waals surface area contributed by atoms with E-state index in [-0.39, 0.29) is 12.4 Å². The maximum atomic E-state index is 11.1. The fraction of sp³-hybridized carbons (Fsp3) is 0.455. The molecule has 0 spiro atoms. The molecule has 0 atom stereocenters. The molecule has 0 saturated carbocycles. The van der Waals surface area contributed by atoms with E-state index in [1.807, 2.05) is 13.8 Å². The van der Waals surface area contributed by atoms with Crippen molar-refractivity contribution in [2.45, 2.75) is 27.7 Å².